The number of carbonyl (C=O) groups is 2. The van der Waals surface area contributed by atoms with E-state index in [1.165, 1.54) is 11.8 Å². The van der Waals surface area contributed by atoms with E-state index in [0.717, 1.165) is 22.5 Å². The Labute approximate surface area is 251 Å². The third kappa shape index (κ3) is 7.30. The van der Waals surface area contributed by atoms with E-state index in [0.29, 0.717) is 11.5 Å². The number of aromatic nitrogens is 2. The van der Waals surface area contributed by atoms with Crippen LogP contribution in [0.4, 0.5) is 0 Å². The Hall–Kier alpha value is -3.20. The Bertz CT molecular complexity index is 1240. The number of likely N-dealkylation sites (N-methyl/N-ethyl adjacent to an activating group) is 1. The fourth-order valence-electron chi connectivity index (χ4n) is 4.36. The zero-order chi connectivity index (χ0) is 27.7. The van der Waals surface area contributed by atoms with Gasteiger partial charge >= 0.3 is 0 Å². The minimum absolute atomic E-state index is 0. The Morgan fingerprint density at radius 2 is 1.35 bits per heavy atom. The molecule has 1 atom stereocenters. The van der Waals surface area contributed by atoms with Crippen LogP contribution in [0, 0.1) is 0 Å². The first-order valence-electron chi connectivity index (χ1n) is 12.8. The molecule has 3 N–H and O–H groups in total. The maximum absolute atomic E-state index is 13.4. The van der Waals surface area contributed by atoms with Gasteiger partial charge in [-0.2, -0.15) is 0 Å². The molecule has 3 aromatic carbocycles. The zero-order valence-corrected chi connectivity index (χ0v) is 25.2. The summed E-state index contributed by atoms with van der Waals surface area (Å²) in [5.74, 6) is 1.30. The summed E-state index contributed by atoms with van der Waals surface area (Å²) in [5.41, 5.74) is 3.30. The second-order valence-corrected chi connectivity index (χ2v) is 12.4. The van der Waals surface area contributed by atoms with Gasteiger partial charge in [-0.05, 0) is 30.5 Å². The van der Waals surface area contributed by atoms with E-state index in [1.807, 2.05) is 68.4 Å². The Kier molecular flexibility index (Phi) is 11.3. The number of nitrogens with one attached hydrogen (secondary N) is 3. The summed E-state index contributed by atoms with van der Waals surface area (Å²) in [4.78, 5) is 33.8. The fraction of sp³-hybridized carbons (Fsp3) is 0.258. The predicted molar refractivity (Wildman–Crippen MR) is 169 cm³/mol. The van der Waals surface area contributed by atoms with Crippen LogP contribution >= 0.6 is 35.9 Å². The quantitative estimate of drug-likeness (QED) is 0.181. The van der Waals surface area contributed by atoms with Crippen molar-refractivity contribution < 1.29 is 9.59 Å². The molecule has 0 aliphatic rings. The molecule has 0 saturated heterocycles. The van der Waals surface area contributed by atoms with E-state index in [-0.39, 0.29) is 24.2 Å². The second-order valence-electron chi connectivity index (χ2n) is 9.57. The lowest BCUT2D eigenvalue weighted by Crippen LogP contribution is -2.52. The number of halogens is 1. The number of nitrogens with zero attached hydrogens (tertiary/aromatic N) is 1. The Balaban J connectivity index is 0.00000441. The van der Waals surface area contributed by atoms with Crippen molar-refractivity contribution in [2.24, 2.45) is 0 Å². The molecule has 0 aliphatic carbocycles. The highest BCUT2D eigenvalue weighted by molar-refractivity contribution is 8.01. The van der Waals surface area contributed by atoms with Crippen LogP contribution in [-0.2, 0) is 20.1 Å². The van der Waals surface area contributed by atoms with Gasteiger partial charge in [-0.15, -0.1) is 35.9 Å². The molecule has 0 radical (unpaired) electrons. The van der Waals surface area contributed by atoms with Gasteiger partial charge in [0.1, 0.15) is 11.9 Å². The Morgan fingerprint density at radius 1 is 0.850 bits per heavy atom. The topological polar surface area (TPSA) is 86.9 Å². The molecule has 9 heteroatoms. The van der Waals surface area contributed by atoms with E-state index in [2.05, 4.69) is 57.0 Å². The van der Waals surface area contributed by atoms with Crippen molar-refractivity contribution in [1.82, 2.24) is 20.6 Å². The van der Waals surface area contributed by atoms with E-state index in [9.17, 15) is 9.59 Å². The average Bonchev–Trinajstić information content (AvgIpc) is 3.51. The maximum atomic E-state index is 13.4. The lowest BCUT2D eigenvalue weighted by Gasteiger charge is -2.36. The molecular formula is C31H35ClN4O2S2. The summed E-state index contributed by atoms with van der Waals surface area (Å²) in [6, 6.07) is 30.2. The van der Waals surface area contributed by atoms with Gasteiger partial charge in [-0.25, -0.2) is 4.98 Å². The van der Waals surface area contributed by atoms with Gasteiger partial charge in [-0.3, -0.25) is 9.59 Å². The number of amides is 2. The molecule has 0 saturated carbocycles. The molecule has 0 fully saturated rings. The smallest absolute Gasteiger partial charge is 0.243 e. The molecule has 0 unspecified atom stereocenters. The highest BCUT2D eigenvalue weighted by Gasteiger charge is 2.39. The largest absolute Gasteiger partial charge is 0.357 e. The predicted octanol–water partition coefficient (Wildman–Crippen LogP) is 5.80. The summed E-state index contributed by atoms with van der Waals surface area (Å²) in [6.45, 7) is 3.73. The van der Waals surface area contributed by atoms with Gasteiger partial charge in [0.05, 0.1) is 15.2 Å². The van der Waals surface area contributed by atoms with E-state index in [4.69, 9.17) is 0 Å². The monoisotopic (exact) mass is 594 g/mol. The zero-order valence-electron chi connectivity index (χ0n) is 22.8. The van der Waals surface area contributed by atoms with Crippen LogP contribution in [0.15, 0.2) is 103 Å². The molecule has 0 spiro atoms. The van der Waals surface area contributed by atoms with Crippen molar-refractivity contribution in [1.29, 1.82) is 0 Å². The number of benzene rings is 3. The molecule has 0 aliphatic heterocycles. The molecular weight excluding hydrogens is 560 g/mol. The normalized spacial score (nSPS) is 12.2. The number of H-pyrrole nitrogens is 1. The van der Waals surface area contributed by atoms with Gasteiger partial charge in [0.25, 0.3) is 0 Å². The summed E-state index contributed by atoms with van der Waals surface area (Å²) >= 11 is 3.12. The minimum atomic E-state index is -0.765. The van der Waals surface area contributed by atoms with Crippen LogP contribution in [0.25, 0.3) is 0 Å². The number of carbonyl (C=O) groups excluding carboxylic acids is 2. The van der Waals surface area contributed by atoms with Crippen LogP contribution < -0.4 is 10.6 Å². The van der Waals surface area contributed by atoms with Gasteiger partial charge in [0.2, 0.25) is 11.8 Å². The summed E-state index contributed by atoms with van der Waals surface area (Å²) in [6.07, 6.45) is 3.46. The van der Waals surface area contributed by atoms with Crippen molar-refractivity contribution in [3.63, 3.8) is 0 Å². The van der Waals surface area contributed by atoms with Crippen molar-refractivity contribution in [2.45, 2.75) is 35.1 Å². The van der Waals surface area contributed by atoms with Gasteiger partial charge in [0.15, 0.2) is 0 Å². The van der Waals surface area contributed by atoms with Crippen LogP contribution in [0.5, 0.6) is 0 Å². The SMILES string of the molecule is CNC(=O)[C@H](CSC(c1ccccc1)(c1ccccc1)c1ccccc1)NC(=O)C(C)(C)SCc1ncc[nH]1.Cl. The Morgan fingerprint density at radius 3 is 1.77 bits per heavy atom. The van der Waals surface area contributed by atoms with Gasteiger partial charge in [0, 0.05) is 25.2 Å². The van der Waals surface area contributed by atoms with E-state index in [1.54, 1.807) is 31.2 Å². The maximum Gasteiger partial charge on any atom is 0.243 e. The molecule has 1 heterocycles. The highest BCUT2D eigenvalue weighted by atomic mass is 35.5. The molecule has 40 heavy (non-hydrogen) atoms. The summed E-state index contributed by atoms with van der Waals surface area (Å²) < 4.78 is -1.36. The minimum Gasteiger partial charge on any atom is -0.357 e. The lowest BCUT2D eigenvalue weighted by molar-refractivity contribution is -0.129. The number of aromatic amines is 1. The highest BCUT2D eigenvalue weighted by Crippen LogP contribution is 2.48. The number of hydrogen-bond acceptors (Lipinski definition) is 5. The van der Waals surface area contributed by atoms with E-state index < -0.39 is 15.5 Å². The summed E-state index contributed by atoms with van der Waals surface area (Å²) in [7, 11) is 1.60. The molecule has 4 rings (SSSR count). The first-order chi connectivity index (χ1) is 18.9. The first-order valence-corrected chi connectivity index (χ1v) is 14.8. The number of hydrogen-bond donors (Lipinski definition) is 3. The van der Waals surface area contributed by atoms with Crippen molar-refractivity contribution >= 4 is 47.7 Å². The van der Waals surface area contributed by atoms with E-state index >= 15 is 0 Å². The average molecular weight is 595 g/mol. The van der Waals surface area contributed by atoms with Gasteiger partial charge < -0.3 is 15.6 Å². The van der Waals surface area contributed by atoms with Gasteiger partial charge in [-0.1, -0.05) is 91.0 Å². The molecule has 4 aromatic rings. The van der Waals surface area contributed by atoms with Crippen molar-refractivity contribution in [3.8, 4) is 0 Å². The van der Waals surface area contributed by atoms with Crippen LogP contribution in [0.3, 0.4) is 0 Å². The third-order valence-corrected chi connectivity index (χ3v) is 9.51. The molecule has 6 nitrogen and oxygen atoms in total. The lowest BCUT2D eigenvalue weighted by atomic mass is 9.84. The van der Waals surface area contributed by atoms with Crippen LogP contribution in [0.2, 0.25) is 0 Å². The number of imidazole rings is 1. The molecule has 1 aromatic heterocycles. The van der Waals surface area contributed by atoms with Crippen LogP contribution in [-0.4, -0.2) is 45.4 Å². The fourth-order valence-corrected chi connectivity index (χ4v) is 6.76. The first kappa shape index (κ1) is 31.3. The van der Waals surface area contributed by atoms with Crippen molar-refractivity contribution in [3.05, 3.63) is 126 Å². The number of rotatable bonds is 12. The molecule has 210 valence electrons. The third-order valence-electron chi connectivity index (χ3n) is 6.55. The number of thioether (sulfide) groups is 2. The van der Waals surface area contributed by atoms with Crippen LogP contribution in [0.1, 0.15) is 36.4 Å². The summed E-state index contributed by atoms with van der Waals surface area (Å²) in [5, 5.41) is 5.78. The second kappa shape index (κ2) is 14.4. The standard InChI is InChI=1S/C31H34N4O2S2.ClH/c1-30(2,38-22-27-33-19-20-34-27)29(37)35-26(28(36)32-3)21-39-31(23-13-7-4-8-14-23,24-15-9-5-10-16-24)25-17-11-6-12-18-25;/h4-20,26H,21-22H2,1-3H3,(H,32,36)(H,33,34)(H,35,37);1H/t26-;/m0./s1. The van der Waals surface area contributed by atoms with Crippen molar-refractivity contribution in [2.75, 3.05) is 12.8 Å². The molecule has 2 amide bonds. The molecule has 0 bridgehead atoms.